The van der Waals surface area contributed by atoms with Crippen LogP contribution in [0.25, 0.3) is 10.4 Å². The number of benzene rings is 1. The number of hydrogen-bond donors (Lipinski definition) is 1. The van der Waals surface area contributed by atoms with Gasteiger partial charge in [-0.1, -0.05) is 30.3 Å². The van der Waals surface area contributed by atoms with Gasteiger partial charge in [0.1, 0.15) is 5.76 Å². The van der Waals surface area contributed by atoms with E-state index in [9.17, 15) is 4.79 Å². The second-order valence-corrected chi connectivity index (χ2v) is 5.77. The van der Waals surface area contributed by atoms with Gasteiger partial charge in [0, 0.05) is 9.75 Å². The van der Waals surface area contributed by atoms with E-state index < -0.39 is 0 Å². The van der Waals surface area contributed by atoms with Crippen molar-refractivity contribution in [3.05, 3.63) is 71.0 Å². The van der Waals surface area contributed by atoms with E-state index >= 15 is 0 Å². The Labute approximate surface area is 132 Å². The highest BCUT2D eigenvalue weighted by Crippen LogP contribution is 2.26. The molecule has 0 aliphatic carbocycles. The van der Waals surface area contributed by atoms with Gasteiger partial charge in [-0.15, -0.1) is 11.3 Å². The molecule has 0 saturated carbocycles. The predicted octanol–water partition coefficient (Wildman–Crippen LogP) is 4.08. The van der Waals surface area contributed by atoms with Crippen LogP contribution in [0, 0.1) is 6.92 Å². The molecule has 0 fully saturated rings. The van der Waals surface area contributed by atoms with Crippen LogP contribution in [0.4, 0.5) is 0 Å². The lowest BCUT2D eigenvalue weighted by molar-refractivity contribution is 0.0953. The molecular formula is C17H14N2O2S. The number of nitrogens with one attached hydrogen (secondary N) is 1. The standard InChI is InChI=1S/C17H14N2O2S/c1-12-15(9-10-21-12)17(20)19-18-11-14-7-8-16(22-14)13-5-3-2-4-6-13/h2-11H,1H3,(H,19,20)/b18-11-. The predicted molar refractivity (Wildman–Crippen MR) is 88.3 cm³/mol. The fourth-order valence-corrected chi connectivity index (χ4v) is 2.90. The molecule has 0 atom stereocenters. The number of thiophene rings is 1. The summed E-state index contributed by atoms with van der Waals surface area (Å²) in [6.07, 6.45) is 3.13. The Morgan fingerprint density at radius 2 is 2.00 bits per heavy atom. The second kappa shape index (κ2) is 6.41. The molecule has 4 nitrogen and oxygen atoms in total. The van der Waals surface area contributed by atoms with Gasteiger partial charge in [0.05, 0.1) is 18.0 Å². The maximum atomic E-state index is 11.9. The maximum Gasteiger partial charge on any atom is 0.274 e. The molecule has 0 spiro atoms. The third kappa shape index (κ3) is 3.15. The van der Waals surface area contributed by atoms with Crippen molar-refractivity contribution in [2.45, 2.75) is 6.92 Å². The van der Waals surface area contributed by atoms with E-state index in [0.717, 1.165) is 4.88 Å². The van der Waals surface area contributed by atoms with Crippen molar-refractivity contribution in [2.24, 2.45) is 5.10 Å². The summed E-state index contributed by atoms with van der Waals surface area (Å²) in [6, 6.07) is 15.8. The van der Waals surface area contributed by atoms with Gasteiger partial charge in [-0.05, 0) is 30.7 Å². The molecule has 1 aromatic carbocycles. The number of carbonyl (C=O) groups is 1. The number of aryl methyl sites for hydroxylation is 1. The van der Waals surface area contributed by atoms with Crippen LogP contribution in [0.5, 0.6) is 0 Å². The first-order chi connectivity index (χ1) is 10.7. The Morgan fingerprint density at radius 3 is 2.73 bits per heavy atom. The SMILES string of the molecule is Cc1occc1C(=O)N/N=C\c1ccc(-c2ccccc2)s1. The van der Waals surface area contributed by atoms with E-state index in [1.54, 1.807) is 30.5 Å². The van der Waals surface area contributed by atoms with E-state index in [4.69, 9.17) is 4.42 Å². The van der Waals surface area contributed by atoms with Gasteiger partial charge in [0.2, 0.25) is 0 Å². The summed E-state index contributed by atoms with van der Waals surface area (Å²) >= 11 is 1.62. The normalized spacial score (nSPS) is 11.0. The van der Waals surface area contributed by atoms with Crippen LogP contribution in [-0.2, 0) is 0 Å². The molecule has 5 heteroatoms. The van der Waals surface area contributed by atoms with Crippen LogP contribution < -0.4 is 5.43 Å². The summed E-state index contributed by atoms with van der Waals surface area (Å²) in [4.78, 5) is 14.0. The van der Waals surface area contributed by atoms with Crippen molar-refractivity contribution in [1.29, 1.82) is 0 Å². The van der Waals surface area contributed by atoms with Crippen LogP contribution in [0.2, 0.25) is 0 Å². The Morgan fingerprint density at radius 1 is 1.18 bits per heavy atom. The van der Waals surface area contributed by atoms with Crippen LogP contribution in [-0.4, -0.2) is 12.1 Å². The van der Waals surface area contributed by atoms with E-state index in [2.05, 4.69) is 22.7 Å². The van der Waals surface area contributed by atoms with E-state index in [1.165, 1.54) is 16.7 Å². The van der Waals surface area contributed by atoms with E-state index in [0.29, 0.717) is 11.3 Å². The largest absolute Gasteiger partial charge is 0.469 e. The third-order valence-corrected chi connectivity index (χ3v) is 4.22. The molecule has 3 rings (SSSR count). The number of hydrogen-bond acceptors (Lipinski definition) is 4. The molecule has 2 heterocycles. The molecule has 1 N–H and O–H groups in total. The molecule has 0 unspecified atom stereocenters. The first-order valence-corrected chi connectivity index (χ1v) is 7.58. The van der Waals surface area contributed by atoms with Gasteiger partial charge in [0.15, 0.2) is 0 Å². The van der Waals surface area contributed by atoms with Gasteiger partial charge < -0.3 is 4.42 Å². The van der Waals surface area contributed by atoms with E-state index in [1.807, 2.05) is 30.3 Å². The van der Waals surface area contributed by atoms with Gasteiger partial charge in [-0.25, -0.2) is 5.43 Å². The van der Waals surface area contributed by atoms with Gasteiger partial charge in [-0.2, -0.15) is 5.10 Å². The number of amides is 1. The van der Waals surface area contributed by atoms with Gasteiger partial charge in [-0.3, -0.25) is 4.79 Å². The number of nitrogens with zero attached hydrogens (tertiary/aromatic N) is 1. The average Bonchev–Trinajstić information content (AvgIpc) is 3.17. The lowest BCUT2D eigenvalue weighted by atomic mass is 10.2. The first-order valence-electron chi connectivity index (χ1n) is 6.77. The minimum Gasteiger partial charge on any atom is -0.469 e. The third-order valence-electron chi connectivity index (χ3n) is 3.15. The van der Waals surface area contributed by atoms with Crippen molar-refractivity contribution in [3.63, 3.8) is 0 Å². The quantitative estimate of drug-likeness (QED) is 0.583. The number of rotatable bonds is 4. The Hall–Kier alpha value is -2.66. The van der Waals surface area contributed by atoms with Crippen LogP contribution in [0.15, 0.2) is 64.3 Å². The highest BCUT2D eigenvalue weighted by Gasteiger charge is 2.09. The lowest BCUT2D eigenvalue weighted by Crippen LogP contribution is -2.17. The molecular weight excluding hydrogens is 296 g/mol. The van der Waals surface area contributed by atoms with Crippen molar-refractivity contribution >= 4 is 23.5 Å². The Kier molecular flexibility index (Phi) is 4.16. The summed E-state index contributed by atoms with van der Waals surface area (Å²) < 4.78 is 5.09. The molecule has 0 aliphatic heterocycles. The van der Waals surface area contributed by atoms with Crippen LogP contribution in [0.3, 0.4) is 0 Å². The second-order valence-electron chi connectivity index (χ2n) is 4.66. The summed E-state index contributed by atoms with van der Waals surface area (Å²) in [5.74, 6) is 0.303. The fourth-order valence-electron chi connectivity index (χ4n) is 2.02. The molecule has 0 aliphatic rings. The summed E-state index contributed by atoms with van der Waals surface area (Å²) in [7, 11) is 0. The minimum atomic E-state index is -0.276. The molecule has 110 valence electrons. The highest BCUT2D eigenvalue weighted by molar-refractivity contribution is 7.17. The number of hydrazone groups is 1. The van der Waals surface area contributed by atoms with Crippen molar-refractivity contribution in [2.75, 3.05) is 0 Å². The average molecular weight is 310 g/mol. The zero-order valence-electron chi connectivity index (χ0n) is 11.9. The molecule has 2 aromatic heterocycles. The van der Waals surface area contributed by atoms with Gasteiger partial charge in [0.25, 0.3) is 5.91 Å². The lowest BCUT2D eigenvalue weighted by Gasteiger charge is -1.96. The van der Waals surface area contributed by atoms with Crippen LogP contribution in [0.1, 0.15) is 21.0 Å². The Bertz CT molecular complexity index is 803. The smallest absolute Gasteiger partial charge is 0.274 e. The zero-order chi connectivity index (χ0) is 15.4. The molecule has 1 amide bonds. The minimum absolute atomic E-state index is 0.276. The zero-order valence-corrected chi connectivity index (χ0v) is 12.8. The number of furan rings is 1. The summed E-state index contributed by atoms with van der Waals surface area (Å²) in [6.45, 7) is 1.74. The topological polar surface area (TPSA) is 54.6 Å². The maximum absolute atomic E-state index is 11.9. The Balaban J connectivity index is 1.66. The van der Waals surface area contributed by atoms with Gasteiger partial charge >= 0.3 is 0 Å². The van der Waals surface area contributed by atoms with Crippen molar-refractivity contribution in [3.8, 4) is 10.4 Å². The van der Waals surface area contributed by atoms with Crippen LogP contribution >= 0.6 is 11.3 Å². The summed E-state index contributed by atoms with van der Waals surface area (Å²) in [5.41, 5.74) is 4.17. The first kappa shape index (κ1) is 14.3. The molecule has 0 radical (unpaired) electrons. The molecule has 0 saturated heterocycles. The summed E-state index contributed by atoms with van der Waals surface area (Å²) in [5, 5.41) is 3.99. The number of carbonyl (C=O) groups excluding carboxylic acids is 1. The van der Waals surface area contributed by atoms with E-state index in [-0.39, 0.29) is 5.91 Å². The molecule has 0 bridgehead atoms. The highest BCUT2D eigenvalue weighted by atomic mass is 32.1. The fraction of sp³-hybridized carbons (Fsp3) is 0.0588. The monoisotopic (exact) mass is 310 g/mol. The molecule has 22 heavy (non-hydrogen) atoms. The van der Waals surface area contributed by atoms with Crippen molar-refractivity contribution in [1.82, 2.24) is 5.43 Å². The van der Waals surface area contributed by atoms with Crippen molar-refractivity contribution < 1.29 is 9.21 Å². The molecule has 3 aromatic rings.